The Morgan fingerprint density at radius 3 is 1.65 bits per heavy atom. The van der Waals surface area contributed by atoms with Crippen LogP contribution in [-0.2, 0) is 24.5 Å². The van der Waals surface area contributed by atoms with Crippen molar-refractivity contribution in [3.05, 3.63) is 101 Å². The van der Waals surface area contributed by atoms with Crippen molar-refractivity contribution in [1.29, 1.82) is 0 Å². The monoisotopic (exact) mass is 472 g/mol. The van der Waals surface area contributed by atoms with Crippen molar-refractivity contribution in [3.8, 4) is 0 Å². The van der Waals surface area contributed by atoms with Gasteiger partial charge in [-0.25, -0.2) is 0 Å². The maximum Gasteiger partial charge on any atom is 0.537 e. The fraction of sp³-hybridized carbons (Fsp3) is 0.276. The minimum atomic E-state index is -2.96. The van der Waals surface area contributed by atoms with Crippen LogP contribution in [0, 0.1) is 0 Å². The molecular formula is C29H32O4Si. The number of carbonyl (C=O) groups excluding carboxylic acids is 1. The van der Waals surface area contributed by atoms with Crippen molar-refractivity contribution in [2.45, 2.75) is 33.1 Å². The fourth-order valence-corrected chi connectivity index (χ4v) is 7.09. The van der Waals surface area contributed by atoms with Crippen LogP contribution < -0.4 is 5.19 Å². The normalized spacial score (nSPS) is 13.3. The number of ketones is 1. The maximum atomic E-state index is 13.7. The number of hydrogen-bond acceptors (Lipinski definition) is 4. The lowest BCUT2D eigenvalue weighted by Crippen LogP contribution is -2.56. The average Bonchev–Trinajstić information content (AvgIpc) is 3.02. The SMILES string of the molecule is CCO[Si](OCC)(OCC)c1ccc(CC(=O)C2c3ccccc3C=Cc3ccccc32)cc1. The van der Waals surface area contributed by atoms with Crippen LogP contribution >= 0.6 is 0 Å². The Morgan fingerprint density at radius 1 is 0.706 bits per heavy atom. The molecule has 0 fully saturated rings. The largest absolute Gasteiger partial charge is 0.537 e. The van der Waals surface area contributed by atoms with Gasteiger partial charge in [-0.05, 0) is 48.6 Å². The zero-order chi connectivity index (χ0) is 24.0. The Bertz CT molecular complexity index is 1090. The highest BCUT2D eigenvalue weighted by atomic mass is 28.4. The molecule has 0 unspecified atom stereocenters. The minimum absolute atomic E-state index is 0.180. The van der Waals surface area contributed by atoms with Gasteiger partial charge in [0.05, 0.1) is 5.92 Å². The highest BCUT2D eigenvalue weighted by molar-refractivity contribution is 6.75. The molecule has 0 N–H and O–H groups in total. The number of rotatable bonds is 10. The molecule has 0 spiro atoms. The van der Waals surface area contributed by atoms with Crippen LogP contribution in [0.1, 0.15) is 54.5 Å². The van der Waals surface area contributed by atoms with Crippen LogP contribution in [0.3, 0.4) is 0 Å². The number of Topliss-reactive ketones (excluding diaryl/α,β-unsaturated/α-hetero) is 1. The Morgan fingerprint density at radius 2 is 1.18 bits per heavy atom. The second-order valence-electron chi connectivity index (χ2n) is 8.22. The number of fused-ring (bicyclic) bond motifs is 2. The van der Waals surface area contributed by atoms with Crippen LogP contribution in [0.5, 0.6) is 0 Å². The van der Waals surface area contributed by atoms with E-state index in [-0.39, 0.29) is 11.7 Å². The zero-order valence-electron chi connectivity index (χ0n) is 20.1. The van der Waals surface area contributed by atoms with Gasteiger partial charge in [-0.2, -0.15) is 0 Å². The molecular weight excluding hydrogens is 440 g/mol. The smallest absolute Gasteiger partial charge is 0.370 e. The summed E-state index contributed by atoms with van der Waals surface area (Å²) in [5, 5.41) is 0.920. The summed E-state index contributed by atoms with van der Waals surface area (Å²) in [6, 6.07) is 24.3. The van der Waals surface area contributed by atoms with E-state index >= 15 is 0 Å². The third-order valence-electron chi connectivity index (χ3n) is 6.07. The third kappa shape index (κ3) is 4.98. The lowest BCUT2D eigenvalue weighted by atomic mass is 9.82. The first kappa shape index (κ1) is 24.3. The molecule has 3 aromatic rings. The summed E-state index contributed by atoms with van der Waals surface area (Å²) in [5.74, 6) is -0.120. The van der Waals surface area contributed by atoms with Gasteiger partial charge in [0.25, 0.3) is 0 Å². The molecule has 0 amide bonds. The number of benzene rings is 3. The molecule has 176 valence electrons. The molecule has 4 nitrogen and oxygen atoms in total. The standard InChI is InChI=1S/C29H32O4Si/c1-4-31-34(32-5-2,33-6-3)25-19-15-22(16-20-25)21-28(30)29-26-13-9-7-11-23(26)17-18-24-12-8-10-14-27(24)29/h7-20,29H,4-6,21H2,1-3H3. The molecule has 0 heterocycles. The van der Waals surface area contributed by atoms with E-state index in [1.54, 1.807) is 0 Å². The van der Waals surface area contributed by atoms with E-state index in [0.717, 1.165) is 33.0 Å². The molecule has 1 aliphatic rings. The van der Waals surface area contributed by atoms with Gasteiger partial charge in [0.15, 0.2) is 0 Å². The second kappa shape index (κ2) is 11.1. The Kier molecular flexibility index (Phi) is 7.90. The minimum Gasteiger partial charge on any atom is -0.370 e. The summed E-state index contributed by atoms with van der Waals surface area (Å²) in [6.07, 6.45) is 4.56. The first-order valence-corrected chi connectivity index (χ1v) is 13.7. The van der Waals surface area contributed by atoms with E-state index < -0.39 is 8.80 Å². The fourth-order valence-electron chi connectivity index (χ4n) is 4.62. The van der Waals surface area contributed by atoms with E-state index in [0.29, 0.717) is 26.2 Å². The molecule has 1 aliphatic carbocycles. The highest BCUT2D eigenvalue weighted by Crippen LogP contribution is 2.35. The lowest BCUT2D eigenvalue weighted by Gasteiger charge is -2.28. The van der Waals surface area contributed by atoms with Gasteiger partial charge in [-0.3, -0.25) is 4.79 Å². The number of hydrogen-bond donors (Lipinski definition) is 0. The first-order chi connectivity index (χ1) is 16.6. The van der Waals surface area contributed by atoms with Gasteiger partial charge < -0.3 is 13.3 Å². The van der Waals surface area contributed by atoms with Crippen molar-refractivity contribution < 1.29 is 18.1 Å². The Labute approximate surface area is 203 Å². The molecule has 0 aliphatic heterocycles. The van der Waals surface area contributed by atoms with Crippen molar-refractivity contribution >= 4 is 31.9 Å². The molecule has 0 saturated heterocycles. The molecule has 5 heteroatoms. The first-order valence-electron chi connectivity index (χ1n) is 12.0. The van der Waals surface area contributed by atoms with Crippen LogP contribution in [0.15, 0.2) is 72.8 Å². The molecule has 0 bridgehead atoms. The zero-order valence-corrected chi connectivity index (χ0v) is 21.1. The van der Waals surface area contributed by atoms with E-state index in [2.05, 4.69) is 36.4 Å². The molecule has 4 rings (SSSR count). The molecule has 3 aromatic carbocycles. The van der Waals surface area contributed by atoms with Crippen molar-refractivity contribution in [2.24, 2.45) is 0 Å². The van der Waals surface area contributed by atoms with E-state index in [9.17, 15) is 4.79 Å². The summed E-state index contributed by atoms with van der Waals surface area (Å²) in [5.41, 5.74) is 5.26. The molecule has 34 heavy (non-hydrogen) atoms. The molecule has 0 saturated carbocycles. The molecule has 0 aromatic heterocycles. The van der Waals surface area contributed by atoms with Crippen molar-refractivity contribution in [1.82, 2.24) is 0 Å². The van der Waals surface area contributed by atoms with Crippen molar-refractivity contribution in [3.63, 3.8) is 0 Å². The molecule has 0 radical (unpaired) electrons. The predicted molar refractivity (Wildman–Crippen MR) is 139 cm³/mol. The summed E-state index contributed by atoms with van der Waals surface area (Å²) in [7, 11) is -2.96. The maximum absolute atomic E-state index is 13.7. The van der Waals surface area contributed by atoms with E-state index in [1.165, 1.54) is 0 Å². The van der Waals surface area contributed by atoms with Crippen LogP contribution in [0.2, 0.25) is 0 Å². The quantitative estimate of drug-likeness (QED) is 0.372. The van der Waals surface area contributed by atoms with Gasteiger partial charge in [-0.1, -0.05) is 84.9 Å². The number of carbonyl (C=O) groups is 1. The van der Waals surface area contributed by atoms with Gasteiger partial charge in [-0.15, -0.1) is 0 Å². The predicted octanol–water partition coefficient (Wildman–Crippen LogP) is 5.37. The summed E-state index contributed by atoms with van der Waals surface area (Å²) in [4.78, 5) is 13.7. The lowest BCUT2D eigenvalue weighted by molar-refractivity contribution is -0.119. The van der Waals surface area contributed by atoms with E-state index in [1.807, 2.05) is 69.3 Å². The van der Waals surface area contributed by atoms with Gasteiger partial charge in [0.2, 0.25) is 0 Å². The van der Waals surface area contributed by atoms with Crippen LogP contribution in [0.25, 0.3) is 12.2 Å². The summed E-state index contributed by atoms with van der Waals surface area (Å²) < 4.78 is 18.1. The Hall–Kier alpha value is -2.83. The van der Waals surface area contributed by atoms with E-state index in [4.69, 9.17) is 13.3 Å². The molecule has 0 atom stereocenters. The average molecular weight is 473 g/mol. The van der Waals surface area contributed by atoms with Gasteiger partial charge in [0, 0.05) is 31.4 Å². The summed E-state index contributed by atoms with van der Waals surface area (Å²) in [6.45, 7) is 7.39. The van der Waals surface area contributed by atoms with Crippen molar-refractivity contribution in [2.75, 3.05) is 19.8 Å². The van der Waals surface area contributed by atoms with Gasteiger partial charge >= 0.3 is 8.80 Å². The third-order valence-corrected chi connectivity index (χ3v) is 9.11. The topological polar surface area (TPSA) is 44.8 Å². The summed E-state index contributed by atoms with van der Waals surface area (Å²) >= 11 is 0. The Balaban J connectivity index is 1.63. The van der Waals surface area contributed by atoms with Gasteiger partial charge in [0.1, 0.15) is 5.78 Å². The second-order valence-corrected chi connectivity index (χ2v) is 10.8. The highest BCUT2D eigenvalue weighted by Gasteiger charge is 2.43. The van der Waals surface area contributed by atoms with Crippen LogP contribution in [-0.4, -0.2) is 34.4 Å². The van der Waals surface area contributed by atoms with Crippen LogP contribution in [0.4, 0.5) is 0 Å².